The summed E-state index contributed by atoms with van der Waals surface area (Å²) in [4.78, 5) is 25.1. The number of aliphatic hydroxyl groups is 1. The van der Waals surface area contributed by atoms with E-state index in [2.05, 4.69) is 12.1 Å². The average Bonchev–Trinajstić information content (AvgIpc) is 3.00. The van der Waals surface area contributed by atoms with Crippen LogP contribution in [0.15, 0.2) is 48.5 Å². The number of benzene rings is 2. The lowest BCUT2D eigenvalue weighted by atomic mass is 9.95. The number of ether oxygens (including phenoxy) is 1. The molecule has 2 aliphatic rings. The molecule has 0 bridgehead atoms. The molecule has 140 valence electrons. The first-order chi connectivity index (χ1) is 13.1. The number of likely N-dealkylation sites (tertiary alicyclic amines) is 1. The van der Waals surface area contributed by atoms with Crippen molar-refractivity contribution in [3.8, 4) is 11.1 Å². The van der Waals surface area contributed by atoms with Crippen molar-refractivity contribution in [3.63, 3.8) is 0 Å². The predicted molar refractivity (Wildman–Crippen MR) is 98.4 cm³/mol. The van der Waals surface area contributed by atoms with E-state index in [0.29, 0.717) is 6.54 Å². The highest BCUT2D eigenvalue weighted by atomic mass is 16.6. The minimum absolute atomic E-state index is 0.0345. The third-order valence-corrected chi connectivity index (χ3v) is 5.49. The molecule has 0 unspecified atom stereocenters. The van der Waals surface area contributed by atoms with E-state index in [1.807, 2.05) is 36.4 Å². The first-order valence-electron chi connectivity index (χ1n) is 9.07. The Morgan fingerprint density at radius 3 is 2.22 bits per heavy atom. The van der Waals surface area contributed by atoms with Gasteiger partial charge in [0.15, 0.2) is 0 Å². The van der Waals surface area contributed by atoms with Gasteiger partial charge < -0.3 is 19.8 Å². The summed E-state index contributed by atoms with van der Waals surface area (Å²) in [5, 5.41) is 19.0. The number of piperidine rings is 1. The Bertz CT molecular complexity index is 835. The summed E-state index contributed by atoms with van der Waals surface area (Å²) in [5.74, 6) is -2.11. The molecule has 6 nitrogen and oxygen atoms in total. The molecule has 2 aromatic carbocycles. The van der Waals surface area contributed by atoms with Gasteiger partial charge in [-0.1, -0.05) is 48.5 Å². The van der Waals surface area contributed by atoms with Gasteiger partial charge in [0.25, 0.3) is 0 Å². The molecule has 1 saturated heterocycles. The molecule has 6 heteroatoms. The van der Waals surface area contributed by atoms with Gasteiger partial charge in [-0.25, -0.2) is 4.79 Å². The Labute approximate surface area is 157 Å². The van der Waals surface area contributed by atoms with Crippen LogP contribution in [0.4, 0.5) is 4.79 Å². The van der Waals surface area contributed by atoms with E-state index in [9.17, 15) is 19.8 Å². The van der Waals surface area contributed by atoms with E-state index in [1.54, 1.807) is 0 Å². The summed E-state index contributed by atoms with van der Waals surface area (Å²) >= 11 is 0. The Hall–Kier alpha value is -2.86. The zero-order valence-electron chi connectivity index (χ0n) is 14.7. The molecule has 1 amide bonds. The largest absolute Gasteiger partial charge is 0.481 e. The van der Waals surface area contributed by atoms with Gasteiger partial charge in [0.05, 0.1) is 6.10 Å². The van der Waals surface area contributed by atoms with E-state index >= 15 is 0 Å². The van der Waals surface area contributed by atoms with Crippen molar-refractivity contribution in [3.05, 3.63) is 59.7 Å². The van der Waals surface area contributed by atoms with Crippen LogP contribution in [0.25, 0.3) is 11.1 Å². The summed E-state index contributed by atoms with van der Waals surface area (Å²) in [6, 6.07) is 16.2. The normalized spacial score (nSPS) is 21.4. The fourth-order valence-electron chi connectivity index (χ4n) is 4.03. The number of carbonyl (C=O) groups is 2. The van der Waals surface area contributed by atoms with Crippen molar-refractivity contribution in [1.29, 1.82) is 0 Å². The lowest BCUT2D eigenvalue weighted by Gasteiger charge is -2.33. The molecule has 0 saturated carbocycles. The second-order valence-electron chi connectivity index (χ2n) is 7.05. The van der Waals surface area contributed by atoms with Crippen molar-refractivity contribution < 1.29 is 24.5 Å². The number of aliphatic hydroxyl groups excluding tert-OH is 1. The lowest BCUT2D eigenvalue weighted by Crippen LogP contribution is -2.49. The van der Waals surface area contributed by atoms with Crippen LogP contribution in [0.2, 0.25) is 0 Å². The van der Waals surface area contributed by atoms with Crippen molar-refractivity contribution in [1.82, 2.24) is 4.90 Å². The van der Waals surface area contributed by atoms with Gasteiger partial charge in [0.2, 0.25) is 0 Å². The quantitative estimate of drug-likeness (QED) is 0.871. The van der Waals surface area contributed by atoms with E-state index in [0.717, 1.165) is 22.3 Å². The molecular weight excluding hydrogens is 346 g/mol. The SMILES string of the molecule is O=C(O)[C@H]1CN(C(=O)OCC2c3ccccc3-c3ccccc32)CC[C@H]1O. The Kier molecular flexibility index (Phi) is 4.58. The van der Waals surface area contributed by atoms with Crippen LogP contribution in [-0.2, 0) is 9.53 Å². The van der Waals surface area contributed by atoms with Crippen LogP contribution in [0.3, 0.4) is 0 Å². The molecule has 1 aliphatic carbocycles. The monoisotopic (exact) mass is 367 g/mol. The minimum Gasteiger partial charge on any atom is -0.481 e. The van der Waals surface area contributed by atoms with E-state index < -0.39 is 24.1 Å². The summed E-state index contributed by atoms with van der Waals surface area (Å²) in [6.45, 7) is 0.457. The fraction of sp³-hybridized carbons (Fsp3) is 0.333. The minimum atomic E-state index is -1.10. The van der Waals surface area contributed by atoms with Gasteiger partial charge >= 0.3 is 12.1 Å². The molecular formula is C21H21NO5. The highest BCUT2D eigenvalue weighted by molar-refractivity contribution is 5.79. The lowest BCUT2D eigenvalue weighted by molar-refractivity contribution is -0.148. The van der Waals surface area contributed by atoms with Crippen molar-refractivity contribution >= 4 is 12.1 Å². The molecule has 2 atom stereocenters. The van der Waals surface area contributed by atoms with Crippen LogP contribution in [-0.4, -0.2) is 53.0 Å². The number of carboxylic acids is 1. The molecule has 0 aromatic heterocycles. The molecule has 27 heavy (non-hydrogen) atoms. The number of fused-ring (bicyclic) bond motifs is 3. The van der Waals surface area contributed by atoms with Gasteiger partial charge in [0, 0.05) is 19.0 Å². The second-order valence-corrected chi connectivity index (χ2v) is 7.05. The summed E-state index contributed by atoms with van der Waals surface area (Å²) in [5.41, 5.74) is 4.57. The fourth-order valence-corrected chi connectivity index (χ4v) is 4.03. The molecule has 4 rings (SSSR count). The number of hydrogen-bond acceptors (Lipinski definition) is 4. The molecule has 0 radical (unpaired) electrons. The smallest absolute Gasteiger partial charge is 0.409 e. The average molecular weight is 367 g/mol. The number of rotatable bonds is 3. The summed E-state index contributed by atoms with van der Waals surface area (Å²) in [7, 11) is 0. The summed E-state index contributed by atoms with van der Waals surface area (Å²) < 4.78 is 5.55. The zero-order valence-corrected chi connectivity index (χ0v) is 14.7. The maximum Gasteiger partial charge on any atom is 0.409 e. The molecule has 2 aromatic rings. The second kappa shape index (κ2) is 7.04. The maximum atomic E-state index is 12.5. The number of hydrogen-bond donors (Lipinski definition) is 2. The first kappa shape index (κ1) is 17.5. The van der Waals surface area contributed by atoms with Crippen LogP contribution in [0.5, 0.6) is 0 Å². The predicted octanol–water partition coefficient (Wildman–Crippen LogP) is 2.70. The first-order valence-corrected chi connectivity index (χ1v) is 9.07. The molecule has 1 fully saturated rings. The highest BCUT2D eigenvalue weighted by Crippen LogP contribution is 2.44. The number of carbonyl (C=O) groups excluding carboxylic acids is 1. The topological polar surface area (TPSA) is 87.1 Å². The van der Waals surface area contributed by atoms with Crippen LogP contribution >= 0.6 is 0 Å². The van der Waals surface area contributed by atoms with Crippen molar-refractivity contribution in [2.24, 2.45) is 5.92 Å². The van der Waals surface area contributed by atoms with E-state index in [4.69, 9.17) is 4.74 Å². The van der Waals surface area contributed by atoms with Crippen LogP contribution < -0.4 is 0 Å². The number of amides is 1. The molecule has 2 N–H and O–H groups in total. The maximum absolute atomic E-state index is 12.5. The van der Waals surface area contributed by atoms with Crippen LogP contribution in [0, 0.1) is 5.92 Å². The van der Waals surface area contributed by atoms with E-state index in [1.165, 1.54) is 4.90 Å². The number of aliphatic carboxylic acids is 1. The van der Waals surface area contributed by atoms with Gasteiger partial charge in [0.1, 0.15) is 12.5 Å². The molecule has 0 spiro atoms. The summed E-state index contributed by atoms with van der Waals surface area (Å²) in [6.07, 6.45) is -1.23. The van der Waals surface area contributed by atoms with Gasteiger partial charge in [-0.05, 0) is 28.7 Å². The third-order valence-electron chi connectivity index (χ3n) is 5.49. The van der Waals surface area contributed by atoms with Gasteiger partial charge in [-0.3, -0.25) is 4.79 Å². The van der Waals surface area contributed by atoms with Crippen molar-refractivity contribution in [2.45, 2.75) is 18.4 Å². The van der Waals surface area contributed by atoms with Crippen LogP contribution in [0.1, 0.15) is 23.5 Å². The standard InChI is InChI=1S/C21H21NO5/c23-19-9-10-22(11-17(19)20(24)25)21(26)27-12-18-15-7-3-1-5-13(15)14-6-2-4-8-16(14)18/h1-8,17-19,23H,9-12H2,(H,24,25)/t17-,19+/m0/s1. The Balaban J connectivity index is 1.47. The third kappa shape index (κ3) is 3.17. The zero-order chi connectivity index (χ0) is 19.0. The molecule has 1 aliphatic heterocycles. The number of carboxylic acid groups (broad SMARTS) is 1. The highest BCUT2D eigenvalue weighted by Gasteiger charge is 2.36. The van der Waals surface area contributed by atoms with Crippen molar-refractivity contribution in [2.75, 3.05) is 19.7 Å². The number of nitrogens with zero attached hydrogens (tertiary/aromatic N) is 1. The Morgan fingerprint density at radius 2 is 1.63 bits per heavy atom. The Morgan fingerprint density at radius 1 is 1.04 bits per heavy atom. The van der Waals surface area contributed by atoms with Gasteiger partial charge in [-0.2, -0.15) is 0 Å². The molecule has 1 heterocycles. The van der Waals surface area contributed by atoms with Gasteiger partial charge in [-0.15, -0.1) is 0 Å². The van der Waals surface area contributed by atoms with E-state index in [-0.39, 0.29) is 25.5 Å².